The Morgan fingerprint density at radius 3 is 2.84 bits per heavy atom. The predicted octanol–water partition coefficient (Wildman–Crippen LogP) is 2.86. The largest absolute Gasteiger partial charge is 0.496 e. The van der Waals surface area contributed by atoms with Crippen molar-refractivity contribution in [3.63, 3.8) is 0 Å². The molecule has 1 aromatic carbocycles. The number of carbonyl (C=O) groups is 1. The van der Waals surface area contributed by atoms with Crippen LogP contribution in [-0.4, -0.2) is 35.3 Å². The molecule has 5 nitrogen and oxygen atoms in total. The molecule has 1 aromatic heterocycles. The highest BCUT2D eigenvalue weighted by atomic mass is 35.5. The summed E-state index contributed by atoms with van der Waals surface area (Å²) < 4.78 is 5.27. The summed E-state index contributed by atoms with van der Waals surface area (Å²) in [5.41, 5.74) is 1.31. The number of halogens is 1. The molecule has 2 aromatic rings. The SMILES string of the molecule is COc1ccc(Cl)cc1C(=O)NC(Cc1ccccn1)C1CC(O)C1. The fourth-order valence-electron chi connectivity index (χ4n) is 3.14. The van der Waals surface area contributed by atoms with Gasteiger partial charge < -0.3 is 15.2 Å². The molecule has 0 saturated heterocycles. The first kappa shape index (κ1) is 17.7. The topological polar surface area (TPSA) is 71.5 Å². The Morgan fingerprint density at radius 1 is 1.40 bits per heavy atom. The summed E-state index contributed by atoms with van der Waals surface area (Å²) in [5, 5.41) is 13.2. The zero-order valence-corrected chi connectivity index (χ0v) is 14.7. The van der Waals surface area contributed by atoms with E-state index in [9.17, 15) is 9.90 Å². The third-order valence-electron chi connectivity index (χ3n) is 4.60. The van der Waals surface area contributed by atoms with Gasteiger partial charge in [0.15, 0.2) is 0 Å². The number of aliphatic hydroxyl groups is 1. The van der Waals surface area contributed by atoms with Gasteiger partial charge in [-0.15, -0.1) is 0 Å². The monoisotopic (exact) mass is 360 g/mol. The average molecular weight is 361 g/mol. The number of hydrogen-bond donors (Lipinski definition) is 2. The van der Waals surface area contributed by atoms with Crippen molar-refractivity contribution in [3.05, 3.63) is 58.9 Å². The average Bonchev–Trinajstić information content (AvgIpc) is 2.59. The lowest BCUT2D eigenvalue weighted by atomic mass is 9.76. The molecule has 25 heavy (non-hydrogen) atoms. The van der Waals surface area contributed by atoms with Crippen LogP contribution in [0.25, 0.3) is 0 Å². The van der Waals surface area contributed by atoms with Crippen molar-refractivity contribution >= 4 is 17.5 Å². The number of ether oxygens (including phenoxy) is 1. The van der Waals surface area contributed by atoms with E-state index in [0.29, 0.717) is 35.6 Å². The van der Waals surface area contributed by atoms with Crippen LogP contribution in [0, 0.1) is 5.92 Å². The molecule has 1 atom stereocenters. The van der Waals surface area contributed by atoms with E-state index in [1.54, 1.807) is 24.4 Å². The molecule has 1 unspecified atom stereocenters. The highest BCUT2D eigenvalue weighted by Gasteiger charge is 2.35. The molecular weight excluding hydrogens is 340 g/mol. The lowest BCUT2D eigenvalue weighted by molar-refractivity contribution is 0.0237. The van der Waals surface area contributed by atoms with Gasteiger partial charge in [0.2, 0.25) is 0 Å². The Balaban J connectivity index is 1.77. The lowest BCUT2D eigenvalue weighted by Gasteiger charge is -2.38. The molecule has 1 heterocycles. The highest BCUT2D eigenvalue weighted by Crippen LogP contribution is 2.32. The molecule has 1 aliphatic rings. The molecule has 3 rings (SSSR count). The van der Waals surface area contributed by atoms with Crippen molar-refractivity contribution in [2.45, 2.75) is 31.4 Å². The summed E-state index contributed by atoms with van der Waals surface area (Å²) in [6.07, 6.45) is 3.44. The number of rotatable bonds is 6. The number of methoxy groups -OCH3 is 1. The number of aliphatic hydroxyl groups excluding tert-OH is 1. The van der Waals surface area contributed by atoms with Crippen LogP contribution in [0.2, 0.25) is 5.02 Å². The smallest absolute Gasteiger partial charge is 0.255 e. The number of aromatic nitrogens is 1. The number of carbonyl (C=O) groups excluding carboxylic acids is 1. The lowest BCUT2D eigenvalue weighted by Crippen LogP contribution is -2.48. The Labute approximate surface area is 152 Å². The Morgan fingerprint density at radius 2 is 2.20 bits per heavy atom. The summed E-state index contributed by atoms with van der Waals surface area (Å²) in [6.45, 7) is 0. The summed E-state index contributed by atoms with van der Waals surface area (Å²) in [5.74, 6) is 0.472. The van der Waals surface area contributed by atoms with Crippen molar-refractivity contribution < 1.29 is 14.6 Å². The molecule has 1 fully saturated rings. The van der Waals surface area contributed by atoms with Crippen LogP contribution >= 0.6 is 11.6 Å². The van der Waals surface area contributed by atoms with Crippen LogP contribution in [0.4, 0.5) is 0 Å². The summed E-state index contributed by atoms with van der Waals surface area (Å²) in [7, 11) is 1.52. The first-order valence-corrected chi connectivity index (χ1v) is 8.67. The Bertz CT molecular complexity index is 733. The van der Waals surface area contributed by atoms with Gasteiger partial charge in [0.1, 0.15) is 5.75 Å². The van der Waals surface area contributed by atoms with E-state index in [-0.39, 0.29) is 24.0 Å². The molecule has 0 radical (unpaired) electrons. The number of benzene rings is 1. The maximum absolute atomic E-state index is 12.8. The van der Waals surface area contributed by atoms with Gasteiger partial charge in [-0.1, -0.05) is 17.7 Å². The van der Waals surface area contributed by atoms with Crippen LogP contribution in [0.3, 0.4) is 0 Å². The quantitative estimate of drug-likeness (QED) is 0.831. The van der Waals surface area contributed by atoms with Gasteiger partial charge in [-0.25, -0.2) is 0 Å². The van der Waals surface area contributed by atoms with Gasteiger partial charge in [-0.3, -0.25) is 9.78 Å². The van der Waals surface area contributed by atoms with Gasteiger partial charge in [0.05, 0.1) is 18.8 Å². The number of hydrogen-bond acceptors (Lipinski definition) is 4. The summed E-state index contributed by atoms with van der Waals surface area (Å²) >= 11 is 6.03. The third kappa shape index (κ3) is 4.30. The molecule has 2 N–H and O–H groups in total. The van der Waals surface area contributed by atoms with E-state index in [2.05, 4.69) is 10.3 Å². The molecule has 0 spiro atoms. The van der Waals surface area contributed by atoms with Crippen molar-refractivity contribution in [2.75, 3.05) is 7.11 Å². The van der Waals surface area contributed by atoms with Crippen LogP contribution < -0.4 is 10.1 Å². The van der Waals surface area contributed by atoms with E-state index < -0.39 is 0 Å². The summed E-state index contributed by atoms with van der Waals surface area (Å²) in [6, 6.07) is 10.6. The molecule has 132 valence electrons. The number of amides is 1. The molecule has 0 aliphatic heterocycles. The normalized spacial score (nSPS) is 20.4. The molecule has 1 saturated carbocycles. The van der Waals surface area contributed by atoms with Crippen LogP contribution in [0.5, 0.6) is 5.75 Å². The van der Waals surface area contributed by atoms with Gasteiger partial charge in [0.25, 0.3) is 5.91 Å². The third-order valence-corrected chi connectivity index (χ3v) is 4.83. The van der Waals surface area contributed by atoms with Crippen LogP contribution in [-0.2, 0) is 6.42 Å². The van der Waals surface area contributed by atoms with Gasteiger partial charge in [-0.2, -0.15) is 0 Å². The van der Waals surface area contributed by atoms with Crippen molar-refractivity contribution in [2.24, 2.45) is 5.92 Å². The van der Waals surface area contributed by atoms with Crippen LogP contribution in [0.15, 0.2) is 42.6 Å². The Hall–Kier alpha value is -2.11. The van der Waals surface area contributed by atoms with E-state index >= 15 is 0 Å². The maximum atomic E-state index is 12.8. The van der Waals surface area contributed by atoms with E-state index in [1.165, 1.54) is 7.11 Å². The molecule has 1 aliphatic carbocycles. The Kier molecular flexibility index (Phi) is 5.56. The number of pyridine rings is 1. The molecule has 6 heteroatoms. The van der Waals surface area contributed by atoms with Crippen molar-refractivity contribution in [3.8, 4) is 5.75 Å². The minimum Gasteiger partial charge on any atom is -0.496 e. The van der Waals surface area contributed by atoms with Crippen molar-refractivity contribution in [1.82, 2.24) is 10.3 Å². The number of nitrogens with zero attached hydrogens (tertiary/aromatic N) is 1. The van der Waals surface area contributed by atoms with Crippen LogP contribution in [0.1, 0.15) is 28.9 Å². The van der Waals surface area contributed by atoms with Gasteiger partial charge in [-0.05, 0) is 49.1 Å². The first-order valence-electron chi connectivity index (χ1n) is 8.29. The maximum Gasteiger partial charge on any atom is 0.255 e. The number of nitrogens with one attached hydrogen (secondary N) is 1. The summed E-state index contributed by atoms with van der Waals surface area (Å²) in [4.78, 5) is 17.1. The zero-order chi connectivity index (χ0) is 17.8. The van der Waals surface area contributed by atoms with E-state index in [0.717, 1.165) is 5.69 Å². The minimum atomic E-state index is -0.283. The highest BCUT2D eigenvalue weighted by molar-refractivity contribution is 6.31. The minimum absolute atomic E-state index is 0.102. The van der Waals surface area contributed by atoms with E-state index in [4.69, 9.17) is 16.3 Å². The first-order chi connectivity index (χ1) is 12.1. The fraction of sp³-hybridized carbons (Fsp3) is 0.368. The van der Waals surface area contributed by atoms with E-state index in [1.807, 2.05) is 18.2 Å². The second-order valence-corrected chi connectivity index (χ2v) is 6.77. The van der Waals surface area contributed by atoms with Gasteiger partial charge in [0, 0.05) is 29.4 Å². The van der Waals surface area contributed by atoms with Crippen molar-refractivity contribution in [1.29, 1.82) is 0 Å². The second kappa shape index (κ2) is 7.85. The van der Waals surface area contributed by atoms with Gasteiger partial charge >= 0.3 is 0 Å². The standard InChI is InChI=1S/C19H21ClN2O3/c1-25-18-6-5-13(20)10-16(18)19(24)22-17(12-8-15(23)9-12)11-14-4-2-3-7-21-14/h2-7,10,12,15,17,23H,8-9,11H2,1H3,(H,22,24). The molecular formula is C19H21ClN2O3. The second-order valence-electron chi connectivity index (χ2n) is 6.34. The zero-order valence-electron chi connectivity index (χ0n) is 14.0. The predicted molar refractivity (Wildman–Crippen MR) is 95.9 cm³/mol. The fourth-order valence-corrected chi connectivity index (χ4v) is 3.31. The molecule has 1 amide bonds. The molecule has 0 bridgehead atoms.